The Kier molecular flexibility index (Phi) is 2.70. The molecule has 0 atom stereocenters. The Hall–Kier alpha value is -1.32. The van der Waals surface area contributed by atoms with Crippen LogP contribution in [0.4, 0.5) is 8.78 Å². The maximum atomic E-state index is 12.2. The van der Waals surface area contributed by atoms with E-state index in [1.54, 1.807) is 0 Å². The molecule has 1 aromatic heterocycles. The van der Waals surface area contributed by atoms with Gasteiger partial charge in [-0.1, -0.05) is 0 Å². The molecule has 0 spiro atoms. The summed E-state index contributed by atoms with van der Waals surface area (Å²) in [5.41, 5.74) is 0.453. The van der Waals surface area contributed by atoms with Gasteiger partial charge in [-0.15, -0.1) is 0 Å². The second-order valence-corrected chi connectivity index (χ2v) is 2.78. The van der Waals surface area contributed by atoms with Gasteiger partial charge < -0.3 is 0 Å². The molecule has 0 N–H and O–H groups in total. The third-order valence-electron chi connectivity index (χ3n) is 1.73. The van der Waals surface area contributed by atoms with E-state index < -0.39 is 6.43 Å². The standard InChI is InChI=1S/C9H9F2NO/c1-5-3-7(6(2)13)4-12-8(5)9(10)11/h3-4,9H,1-2H3. The van der Waals surface area contributed by atoms with Gasteiger partial charge in [-0.25, -0.2) is 8.78 Å². The van der Waals surface area contributed by atoms with E-state index in [-0.39, 0.29) is 11.5 Å². The minimum atomic E-state index is -2.58. The predicted octanol–water partition coefficient (Wildman–Crippen LogP) is 2.53. The molecule has 0 fully saturated rings. The zero-order valence-corrected chi connectivity index (χ0v) is 7.34. The monoisotopic (exact) mass is 185 g/mol. The fourth-order valence-corrected chi connectivity index (χ4v) is 1.01. The van der Waals surface area contributed by atoms with Gasteiger partial charge in [-0.05, 0) is 25.5 Å². The van der Waals surface area contributed by atoms with E-state index in [0.29, 0.717) is 11.1 Å². The van der Waals surface area contributed by atoms with Gasteiger partial charge in [-0.2, -0.15) is 0 Å². The molecule has 0 saturated heterocycles. The van der Waals surface area contributed by atoms with Crippen molar-refractivity contribution >= 4 is 5.78 Å². The van der Waals surface area contributed by atoms with Gasteiger partial charge in [0.15, 0.2) is 5.78 Å². The summed E-state index contributed by atoms with van der Waals surface area (Å²) in [5, 5.41) is 0. The van der Waals surface area contributed by atoms with Crippen LogP contribution in [0.25, 0.3) is 0 Å². The predicted molar refractivity (Wildman–Crippen MR) is 43.9 cm³/mol. The molecule has 1 rings (SSSR count). The number of ketones is 1. The van der Waals surface area contributed by atoms with Crippen molar-refractivity contribution in [2.75, 3.05) is 0 Å². The van der Waals surface area contributed by atoms with Crippen molar-refractivity contribution in [3.8, 4) is 0 Å². The molecule has 0 unspecified atom stereocenters. The molecule has 1 heterocycles. The molecular formula is C9H9F2NO. The zero-order valence-electron chi connectivity index (χ0n) is 7.34. The van der Waals surface area contributed by atoms with Crippen molar-refractivity contribution in [1.29, 1.82) is 0 Å². The first kappa shape index (κ1) is 9.77. The highest BCUT2D eigenvalue weighted by atomic mass is 19.3. The largest absolute Gasteiger partial charge is 0.294 e. The molecule has 0 aliphatic rings. The third kappa shape index (κ3) is 2.08. The molecule has 0 aliphatic heterocycles. The van der Waals surface area contributed by atoms with Gasteiger partial charge in [-0.3, -0.25) is 9.78 Å². The topological polar surface area (TPSA) is 30.0 Å². The average Bonchev–Trinajstić information content (AvgIpc) is 2.03. The number of hydrogen-bond acceptors (Lipinski definition) is 2. The molecule has 1 aromatic rings. The van der Waals surface area contributed by atoms with Crippen molar-refractivity contribution in [1.82, 2.24) is 4.98 Å². The first-order chi connectivity index (χ1) is 6.02. The quantitative estimate of drug-likeness (QED) is 0.662. The highest BCUT2D eigenvalue weighted by molar-refractivity contribution is 5.93. The first-order valence-corrected chi connectivity index (χ1v) is 3.78. The molecule has 0 bridgehead atoms. The molecule has 70 valence electrons. The summed E-state index contributed by atoms with van der Waals surface area (Å²) in [6.07, 6.45) is -1.40. The van der Waals surface area contributed by atoms with Crippen LogP contribution in [0.5, 0.6) is 0 Å². The summed E-state index contributed by atoms with van der Waals surface area (Å²) >= 11 is 0. The van der Waals surface area contributed by atoms with Gasteiger partial charge in [0.2, 0.25) is 0 Å². The molecule has 0 amide bonds. The number of rotatable bonds is 2. The van der Waals surface area contributed by atoms with Crippen molar-refractivity contribution < 1.29 is 13.6 Å². The summed E-state index contributed by atoms with van der Waals surface area (Å²) in [7, 11) is 0. The number of Topliss-reactive ketones (excluding diaryl/α,β-unsaturated/α-hetero) is 1. The lowest BCUT2D eigenvalue weighted by atomic mass is 10.1. The number of alkyl halides is 2. The molecule has 2 nitrogen and oxygen atoms in total. The van der Waals surface area contributed by atoms with Crippen LogP contribution in [0.3, 0.4) is 0 Å². The summed E-state index contributed by atoms with van der Waals surface area (Å²) in [4.78, 5) is 14.4. The lowest BCUT2D eigenvalue weighted by molar-refractivity contribution is 0.101. The van der Waals surface area contributed by atoms with E-state index in [1.807, 2.05) is 0 Å². The number of carbonyl (C=O) groups is 1. The maximum absolute atomic E-state index is 12.2. The van der Waals surface area contributed by atoms with E-state index in [0.717, 1.165) is 0 Å². The summed E-state index contributed by atoms with van der Waals surface area (Å²) in [6.45, 7) is 2.89. The number of aryl methyl sites for hydroxylation is 1. The number of aromatic nitrogens is 1. The van der Waals surface area contributed by atoms with Gasteiger partial charge in [0.25, 0.3) is 6.43 Å². The number of halogens is 2. The highest BCUT2D eigenvalue weighted by Gasteiger charge is 2.13. The SMILES string of the molecule is CC(=O)c1cnc(C(F)F)c(C)c1. The molecule has 0 aliphatic carbocycles. The van der Waals surface area contributed by atoms with Gasteiger partial charge in [0.05, 0.1) is 0 Å². The van der Waals surface area contributed by atoms with Crippen LogP contribution in [0, 0.1) is 6.92 Å². The summed E-state index contributed by atoms with van der Waals surface area (Å²) < 4.78 is 24.4. The Morgan fingerprint density at radius 2 is 2.15 bits per heavy atom. The summed E-state index contributed by atoms with van der Waals surface area (Å²) in [6, 6.07) is 1.43. The minimum absolute atomic E-state index is 0.170. The number of nitrogens with zero attached hydrogens (tertiary/aromatic N) is 1. The van der Waals surface area contributed by atoms with Gasteiger partial charge >= 0.3 is 0 Å². The van der Waals surface area contributed by atoms with E-state index in [4.69, 9.17) is 0 Å². The Balaban J connectivity index is 3.13. The fraction of sp³-hybridized carbons (Fsp3) is 0.333. The normalized spacial score (nSPS) is 10.5. The Morgan fingerprint density at radius 1 is 1.54 bits per heavy atom. The van der Waals surface area contributed by atoms with E-state index in [9.17, 15) is 13.6 Å². The van der Waals surface area contributed by atoms with E-state index in [2.05, 4.69) is 4.98 Å². The molecule has 4 heteroatoms. The van der Waals surface area contributed by atoms with Crippen LogP contribution in [0.2, 0.25) is 0 Å². The van der Waals surface area contributed by atoms with Crippen molar-refractivity contribution in [3.63, 3.8) is 0 Å². The van der Waals surface area contributed by atoms with Gasteiger partial charge in [0, 0.05) is 11.8 Å². The highest BCUT2D eigenvalue weighted by Crippen LogP contribution is 2.20. The smallest absolute Gasteiger partial charge is 0.280 e. The molecular weight excluding hydrogens is 176 g/mol. The van der Waals surface area contributed by atoms with E-state index >= 15 is 0 Å². The Morgan fingerprint density at radius 3 is 2.54 bits per heavy atom. The molecule has 0 aromatic carbocycles. The third-order valence-corrected chi connectivity index (χ3v) is 1.73. The van der Waals surface area contributed by atoms with Crippen LogP contribution < -0.4 is 0 Å². The fourth-order valence-electron chi connectivity index (χ4n) is 1.01. The van der Waals surface area contributed by atoms with Crippen LogP contribution >= 0.6 is 0 Å². The average molecular weight is 185 g/mol. The van der Waals surface area contributed by atoms with E-state index in [1.165, 1.54) is 26.1 Å². The molecule has 0 saturated carbocycles. The number of hydrogen-bond donors (Lipinski definition) is 0. The Labute approximate surface area is 74.6 Å². The van der Waals surface area contributed by atoms with Crippen molar-refractivity contribution in [2.24, 2.45) is 0 Å². The van der Waals surface area contributed by atoms with Crippen molar-refractivity contribution in [2.45, 2.75) is 20.3 Å². The number of carbonyl (C=O) groups excluding carboxylic acids is 1. The van der Waals surface area contributed by atoms with Crippen LogP contribution in [-0.4, -0.2) is 10.8 Å². The van der Waals surface area contributed by atoms with Gasteiger partial charge in [0.1, 0.15) is 5.69 Å². The second-order valence-electron chi connectivity index (χ2n) is 2.78. The van der Waals surface area contributed by atoms with Crippen LogP contribution in [0.1, 0.15) is 35.0 Å². The van der Waals surface area contributed by atoms with Crippen LogP contribution in [-0.2, 0) is 0 Å². The van der Waals surface area contributed by atoms with Crippen molar-refractivity contribution in [3.05, 3.63) is 29.1 Å². The Bertz CT molecular complexity index is 336. The summed E-state index contributed by atoms with van der Waals surface area (Å²) in [5.74, 6) is -0.170. The molecule has 13 heavy (non-hydrogen) atoms. The molecule has 0 radical (unpaired) electrons. The maximum Gasteiger partial charge on any atom is 0.280 e. The zero-order chi connectivity index (χ0) is 10.0. The van der Waals surface area contributed by atoms with Crippen LogP contribution in [0.15, 0.2) is 12.3 Å². The lowest BCUT2D eigenvalue weighted by Crippen LogP contribution is -1.99. The minimum Gasteiger partial charge on any atom is -0.294 e. The first-order valence-electron chi connectivity index (χ1n) is 3.78. The second kappa shape index (κ2) is 3.60. The number of pyridine rings is 1. The lowest BCUT2D eigenvalue weighted by Gasteiger charge is -2.04.